The van der Waals surface area contributed by atoms with Gasteiger partial charge in [0, 0.05) is 5.69 Å². The Hall–Kier alpha value is -2.02. The zero-order chi connectivity index (χ0) is 12.0. The Morgan fingerprint density at radius 2 is 2.12 bits per heavy atom. The number of hydrogen-bond acceptors (Lipinski definition) is 4. The Labute approximate surface area is 94.8 Å². The molecule has 16 heavy (non-hydrogen) atoms. The molecule has 1 unspecified atom stereocenters. The Morgan fingerprint density at radius 3 is 2.62 bits per heavy atom. The monoisotopic (exact) mass is 218 g/mol. The third-order valence-electron chi connectivity index (χ3n) is 2.01. The number of rotatable bonds is 4. The summed E-state index contributed by atoms with van der Waals surface area (Å²) >= 11 is 0. The highest BCUT2D eigenvalue weighted by molar-refractivity contribution is 5.82. The summed E-state index contributed by atoms with van der Waals surface area (Å²) < 4.78 is 4.77. The van der Waals surface area contributed by atoms with E-state index in [9.17, 15) is 4.79 Å². The summed E-state index contributed by atoms with van der Waals surface area (Å²) in [5.41, 5.74) is 1.85. The van der Waals surface area contributed by atoms with E-state index in [1.165, 1.54) is 0 Å². The highest BCUT2D eigenvalue weighted by atomic mass is 16.5. The lowest BCUT2D eigenvalue weighted by molar-refractivity contribution is -0.142. The van der Waals surface area contributed by atoms with Crippen LogP contribution in [0, 0.1) is 18.3 Å². The van der Waals surface area contributed by atoms with Gasteiger partial charge in [-0.2, -0.15) is 5.26 Å². The molecule has 0 bridgehead atoms. The number of benzene rings is 1. The minimum atomic E-state index is -0.956. The van der Waals surface area contributed by atoms with Crippen LogP contribution in [0.5, 0.6) is 0 Å². The van der Waals surface area contributed by atoms with Gasteiger partial charge in [0.05, 0.1) is 12.7 Å². The van der Waals surface area contributed by atoms with Gasteiger partial charge in [0.25, 0.3) is 0 Å². The molecule has 0 aliphatic carbocycles. The Morgan fingerprint density at radius 1 is 1.50 bits per heavy atom. The number of nitriles is 1. The number of hydrogen-bond donors (Lipinski definition) is 1. The maximum atomic E-state index is 11.3. The molecule has 1 atom stereocenters. The topological polar surface area (TPSA) is 62.1 Å². The second-order valence-corrected chi connectivity index (χ2v) is 3.32. The maximum Gasteiger partial charge on any atom is 0.343 e. The molecule has 0 heterocycles. The van der Waals surface area contributed by atoms with Gasteiger partial charge in [-0.1, -0.05) is 17.7 Å². The predicted molar refractivity (Wildman–Crippen MR) is 60.8 cm³/mol. The summed E-state index contributed by atoms with van der Waals surface area (Å²) in [5, 5.41) is 11.6. The second-order valence-electron chi connectivity index (χ2n) is 3.32. The number of nitrogens with zero attached hydrogens (tertiary/aromatic N) is 1. The molecule has 0 saturated carbocycles. The van der Waals surface area contributed by atoms with Crippen molar-refractivity contribution in [2.75, 3.05) is 11.9 Å². The number of carbonyl (C=O) groups is 1. The van der Waals surface area contributed by atoms with Crippen molar-refractivity contribution in [1.29, 1.82) is 5.26 Å². The molecule has 0 saturated heterocycles. The van der Waals surface area contributed by atoms with E-state index in [2.05, 4.69) is 5.32 Å². The zero-order valence-electron chi connectivity index (χ0n) is 9.36. The molecule has 0 spiro atoms. The van der Waals surface area contributed by atoms with E-state index in [-0.39, 0.29) is 6.61 Å². The minimum absolute atomic E-state index is 0.270. The molecule has 0 fully saturated rings. The van der Waals surface area contributed by atoms with Crippen molar-refractivity contribution in [3.05, 3.63) is 29.8 Å². The highest BCUT2D eigenvalue weighted by Gasteiger charge is 2.18. The van der Waals surface area contributed by atoms with Crippen LogP contribution in [0.4, 0.5) is 5.69 Å². The molecule has 0 aromatic heterocycles. The highest BCUT2D eigenvalue weighted by Crippen LogP contribution is 2.10. The molecule has 1 rings (SSSR count). The van der Waals surface area contributed by atoms with Gasteiger partial charge in [-0.05, 0) is 26.0 Å². The summed E-state index contributed by atoms with van der Waals surface area (Å²) in [6, 6.07) is 8.35. The molecule has 1 N–H and O–H groups in total. The third-order valence-corrected chi connectivity index (χ3v) is 2.01. The molecule has 4 nitrogen and oxygen atoms in total. The van der Waals surface area contributed by atoms with Gasteiger partial charge >= 0.3 is 5.97 Å². The zero-order valence-corrected chi connectivity index (χ0v) is 9.36. The third kappa shape index (κ3) is 3.28. The van der Waals surface area contributed by atoms with Crippen molar-refractivity contribution < 1.29 is 9.53 Å². The first-order chi connectivity index (χ1) is 7.67. The summed E-state index contributed by atoms with van der Waals surface area (Å²) in [5.74, 6) is -0.550. The van der Waals surface area contributed by atoms with Crippen LogP contribution in [0.15, 0.2) is 24.3 Å². The van der Waals surface area contributed by atoms with E-state index >= 15 is 0 Å². The Balaban J connectivity index is 2.67. The lowest BCUT2D eigenvalue weighted by Gasteiger charge is -2.11. The van der Waals surface area contributed by atoms with Crippen LogP contribution < -0.4 is 5.32 Å². The maximum absolute atomic E-state index is 11.3. The van der Waals surface area contributed by atoms with Crippen molar-refractivity contribution in [3.63, 3.8) is 0 Å². The molecule has 4 heteroatoms. The molecule has 0 aliphatic heterocycles. The van der Waals surface area contributed by atoms with Crippen LogP contribution in [0.1, 0.15) is 12.5 Å². The average molecular weight is 218 g/mol. The standard InChI is InChI=1S/C12H14N2O2/c1-3-16-12(15)11(8-13)14-10-6-4-9(2)5-7-10/h4-7,11,14H,3H2,1-2H3. The molecule has 84 valence electrons. The first-order valence-corrected chi connectivity index (χ1v) is 5.07. The largest absolute Gasteiger partial charge is 0.464 e. The number of carbonyl (C=O) groups excluding carboxylic acids is 1. The Bertz CT molecular complexity index is 392. The number of ether oxygens (including phenoxy) is 1. The van der Waals surface area contributed by atoms with Crippen LogP contribution in [0.3, 0.4) is 0 Å². The molecule has 1 aromatic carbocycles. The van der Waals surface area contributed by atoms with E-state index in [1.807, 2.05) is 37.3 Å². The lowest BCUT2D eigenvalue weighted by Crippen LogP contribution is -2.29. The molecule has 0 radical (unpaired) electrons. The fourth-order valence-corrected chi connectivity index (χ4v) is 1.19. The first-order valence-electron chi connectivity index (χ1n) is 5.07. The van der Waals surface area contributed by atoms with Gasteiger partial charge in [-0.25, -0.2) is 4.79 Å². The van der Waals surface area contributed by atoms with Gasteiger partial charge in [-0.15, -0.1) is 0 Å². The van der Waals surface area contributed by atoms with E-state index in [0.717, 1.165) is 11.3 Å². The minimum Gasteiger partial charge on any atom is -0.464 e. The number of nitrogens with one attached hydrogen (secondary N) is 1. The molecular formula is C12H14N2O2. The van der Waals surface area contributed by atoms with E-state index in [4.69, 9.17) is 10.00 Å². The van der Waals surface area contributed by atoms with Crippen LogP contribution in [0.2, 0.25) is 0 Å². The molecule has 1 aromatic rings. The summed E-state index contributed by atoms with van der Waals surface area (Å²) in [6.45, 7) is 3.95. The second kappa shape index (κ2) is 5.76. The van der Waals surface area contributed by atoms with E-state index in [0.29, 0.717) is 0 Å². The summed E-state index contributed by atoms with van der Waals surface area (Å²) in [7, 11) is 0. The smallest absolute Gasteiger partial charge is 0.343 e. The predicted octanol–water partition coefficient (Wildman–Crippen LogP) is 1.86. The van der Waals surface area contributed by atoms with Gasteiger partial charge in [0.1, 0.15) is 0 Å². The first kappa shape index (κ1) is 12.1. The Kier molecular flexibility index (Phi) is 4.34. The van der Waals surface area contributed by atoms with Gasteiger partial charge in [0.2, 0.25) is 6.04 Å². The molecular weight excluding hydrogens is 204 g/mol. The summed E-state index contributed by atoms with van der Waals surface area (Å²) in [6.07, 6.45) is 0. The fraction of sp³-hybridized carbons (Fsp3) is 0.333. The quantitative estimate of drug-likeness (QED) is 0.783. The van der Waals surface area contributed by atoms with Crippen molar-refractivity contribution in [2.45, 2.75) is 19.9 Å². The number of aryl methyl sites for hydroxylation is 1. The van der Waals surface area contributed by atoms with Crippen LogP contribution >= 0.6 is 0 Å². The van der Waals surface area contributed by atoms with Crippen molar-refractivity contribution in [2.24, 2.45) is 0 Å². The van der Waals surface area contributed by atoms with Crippen molar-refractivity contribution in [1.82, 2.24) is 0 Å². The summed E-state index contributed by atoms with van der Waals surface area (Å²) in [4.78, 5) is 11.3. The van der Waals surface area contributed by atoms with E-state index in [1.54, 1.807) is 6.92 Å². The number of esters is 1. The average Bonchev–Trinajstić information content (AvgIpc) is 2.28. The van der Waals surface area contributed by atoms with E-state index < -0.39 is 12.0 Å². The van der Waals surface area contributed by atoms with Crippen LogP contribution in [0.25, 0.3) is 0 Å². The fourth-order valence-electron chi connectivity index (χ4n) is 1.19. The normalized spacial score (nSPS) is 11.3. The lowest BCUT2D eigenvalue weighted by atomic mass is 10.2. The van der Waals surface area contributed by atoms with Crippen LogP contribution in [-0.4, -0.2) is 18.6 Å². The van der Waals surface area contributed by atoms with Gasteiger partial charge < -0.3 is 10.1 Å². The van der Waals surface area contributed by atoms with Crippen molar-refractivity contribution in [3.8, 4) is 6.07 Å². The van der Waals surface area contributed by atoms with Crippen molar-refractivity contribution >= 4 is 11.7 Å². The van der Waals surface area contributed by atoms with Crippen LogP contribution in [-0.2, 0) is 9.53 Å². The number of anilines is 1. The molecule has 0 aliphatic rings. The van der Waals surface area contributed by atoms with Gasteiger partial charge in [0.15, 0.2) is 0 Å². The molecule has 0 amide bonds. The SMILES string of the molecule is CCOC(=O)C(C#N)Nc1ccc(C)cc1. The van der Waals surface area contributed by atoms with Gasteiger partial charge in [-0.3, -0.25) is 0 Å².